The molecule has 220 valence electrons. The number of aliphatic hydroxyl groups excluding tert-OH is 1. The number of ether oxygens (including phenoxy) is 3. The van der Waals surface area contributed by atoms with Crippen LogP contribution in [0.2, 0.25) is 0 Å². The van der Waals surface area contributed by atoms with E-state index in [1.165, 1.54) is 0 Å². The number of carbonyl (C=O) groups is 1. The van der Waals surface area contributed by atoms with Crippen LogP contribution in [0.3, 0.4) is 0 Å². The molecule has 8 heteroatoms. The van der Waals surface area contributed by atoms with Crippen LogP contribution in [0.5, 0.6) is 11.5 Å². The number of nitrogens with zero attached hydrogens (tertiary/aromatic N) is 3. The molecule has 8 nitrogen and oxygen atoms in total. The predicted molar refractivity (Wildman–Crippen MR) is 163 cm³/mol. The van der Waals surface area contributed by atoms with Crippen LogP contribution in [-0.4, -0.2) is 71.1 Å². The van der Waals surface area contributed by atoms with Gasteiger partial charge in [-0.15, -0.1) is 0 Å². The van der Waals surface area contributed by atoms with E-state index in [1.807, 2.05) is 59.8 Å². The van der Waals surface area contributed by atoms with Crippen molar-refractivity contribution < 1.29 is 24.1 Å². The van der Waals surface area contributed by atoms with Crippen LogP contribution in [0.1, 0.15) is 35.5 Å². The van der Waals surface area contributed by atoms with Gasteiger partial charge in [0.2, 0.25) is 6.79 Å². The van der Waals surface area contributed by atoms with Crippen LogP contribution in [0.25, 0.3) is 22.0 Å². The van der Waals surface area contributed by atoms with E-state index in [9.17, 15) is 9.90 Å². The monoisotopic (exact) mass is 569 g/mol. The van der Waals surface area contributed by atoms with Crippen LogP contribution >= 0.6 is 0 Å². The first-order valence-corrected chi connectivity index (χ1v) is 14.6. The first kappa shape index (κ1) is 28.3. The lowest BCUT2D eigenvalue weighted by molar-refractivity contribution is -0.0242. The number of carbonyl (C=O) groups excluding carboxylic acids is 1. The number of amides is 1. The average Bonchev–Trinajstić information content (AvgIpc) is 3.58. The Morgan fingerprint density at radius 3 is 2.64 bits per heavy atom. The minimum atomic E-state index is -0.353. The highest BCUT2D eigenvalue weighted by Gasteiger charge is 2.33. The lowest BCUT2D eigenvalue weighted by Crippen LogP contribution is -2.47. The molecule has 0 saturated heterocycles. The molecular formula is C34H39N3O5. The molecule has 3 atom stereocenters. The molecule has 4 aromatic rings. The quantitative estimate of drug-likeness (QED) is 0.350. The van der Waals surface area contributed by atoms with Gasteiger partial charge in [0.15, 0.2) is 11.5 Å². The molecule has 0 radical (unpaired) electrons. The lowest BCUT2D eigenvalue weighted by atomic mass is 9.96. The van der Waals surface area contributed by atoms with Crippen LogP contribution in [0, 0.1) is 5.92 Å². The normalized spacial score (nSPS) is 19.5. The van der Waals surface area contributed by atoms with Gasteiger partial charge < -0.3 is 28.8 Å². The molecule has 0 aliphatic carbocycles. The number of benzene rings is 3. The van der Waals surface area contributed by atoms with Crippen LogP contribution in [0.4, 0.5) is 0 Å². The van der Waals surface area contributed by atoms with E-state index in [1.54, 1.807) is 0 Å². The number of rotatable bonds is 6. The second-order valence-electron chi connectivity index (χ2n) is 11.7. The second-order valence-corrected chi connectivity index (χ2v) is 11.7. The number of aromatic nitrogens is 1. The minimum Gasteiger partial charge on any atom is -0.454 e. The van der Waals surface area contributed by atoms with Gasteiger partial charge in [-0.3, -0.25) is 9.69 Å². The third-order valence-corrected chi connectivity index (χ3v) is 8.61. The number of aliphatic hydroxyl groups is 1. The van der Waals surface area contributed by atoms with E-state index < -0.39 is 0 Å². The fourth-order valence-electron chi connectivity index (χ4n) is 6.25. The van der Waals surface area contributed by atoms with Gasteiger partial charge in [0.05, 0.1) is 25.4 Å². The van der Waals surface area contributed by atoms with Crippen molar-refractivity contribution in [1.29, 1.82) is 0 Å². The first-order valence-electron chi connectivity index (χ1n) is 14.6. The van der Waals surface area contributed by atoms with Crippen molar-refractivity contribution in [3.63, 3.8) is 0 Å². The number of hydrogen-bond acceptors (Lipinski definition) is 6. The van der Waals surface area contributed by atoms with Gasteiger partial charge in [-0.2, -0.15) is 0 Å². The maximum atomic E-state index is 14.5. The van der Waals surface area contributed by atoms with Crippen molar-refractivity contribution in [3.05, 3.63) is 83.6 Å². The molecule has 0 spiro atoms. The van der Waals surface area contributed by atoms with E-state index >= 15 is 0 Å². The first-order chi connectivity index (χ1) is 20.4. The summed E-state index contributed by atoms with van der Waals surface area (Å²) in [4.78, 5) is 18.6. The Morgan fingerprint density at radius 1 is 1.05 bits per heavy atom. The zero-order chi connectivity index (χ0) is 29.4. The molecular weight excluding hydrogens is 530 g/mol. The molecule has 3 aromatic carbocycles. The van der Waals surface area contributed by atoms with E-state index in [4.69, 9.17) is 14.2 Å². The third-order valence-electron chi connectivity index (χ3n) is 8.61. The summed E-state index contributed by atoms with van der Waals surface area (Å²) in [5, 5.41) is 11.3. The molecule has 0 bridgehead atoms. The van der Waals surface area contributed by atoms with Gasteiger partial charge in [-0.1, -0.05) is 55.5 Å². The summed E-state index contributed by atoms with van der Waals surface area (Å²) in [6, 6.07) is 22.1. The zero-order valence-electron chi connectivity index (χ0n) is 24.7. The molecule has 2 aliphatic heterocycles. The Hall–Kier alpha value is -3.85. The molecule has 2 aliphatic rings. The summed E-state index contributed by atoms with van der Waals surface area (Å²) in [7, 11) is 4.04. The Balaban J connectivity index is 1.37. The van der Waals surface area contributed by atoms with Crippen LogP contribution < -0.4 is 9.47 Å². The van der Waals surface area contributed by atoms with Crippen molar-refractivity contribution >= 4 is 16.8 Å². The molecule has 0 fully saturated rings. The van der Waals surface area contributed by atoms with E-state index in [2.05, 4.69) is 49.2 Å². The molecule has 0 unspecified atom stereocenters. The predicted octanol–water partition coefficient (Wildman–Crippen LogP) is 5.06. The number of aryl methyl sites for hydroxylation is 1. The highest BCUT2D eigenvalue weighted by Crippen LogP contribution is 2.38. The van der Waals surface area contributed by atoms with E-state index in [0.29, 0.717) is 31.9 Å². The van der Waals surface area contributed by atoms with Crippen molar-refractivity contribution in [2.45, 2.75) is 39.1 Å². The highest BCUT2D eigenvalue weighted by atomic mass is 16.7. The summed E-state index contributed by atoms with van der Waals surface area (Å²) in [5.41, 5.74) is 5.71. The van der Waals surface area contributed by atoms with Crippen molar-refractivity contribution in [2.24, 2.45) is 13.0 Å². The maximum absolute atomic E-state index is 14.5. The minimum absolute atomic E-state index is 0.00514. The number of fused-ring (bicyclic) bond motifs is 6. The van der Waals surface area contributed by atoms with Gasteiger partial charge in [0.25, 0.3) is 5.91 Å². The Morgan fingerprint density at radius 2 is 1.81 bits per heavy atom. The summed E-state index contributed by atoms with van der Waals surface area (Å²) < 4.78 is 19.8. The maximum Gasteiger partial charge on any atom is 0.271 e. The van der Waals surface area contributed by atoms with Gasteiger partial charge in [-0.05, 0) is 48.9 Å². The molecule has 6 rings (SSSR count). The van der Waals surface area contributed by atoms with Crippen LogP contribution in [0.15, 0.2) is 66.7 Å². The SMILES string of the molecule is C[C@@H]1CN([C@@H](C)CO)C(=O)c2c(c3ccccc3n2C)-c2ccccc2CO[C@@H]1CN(C)Cc1ccc2c(c1)OCO2. The molecule has 1 amide bonds. The van der Waals surface area contributed by atoms with Gasteiger partial charge >= 0.3 is 0 Å². The van der Waals surface area contributed by atoms with Crippen LogP contribution in [-0.2, 0) is 24.9 Å². The molecule has 0 saturated carbocycles. The number of hydrogen-bond donors (Lipinski definition) is 1. The van der Waals surface area contributed by atoms with E-state index in [0.717, 1.165) is 44.7 Å². The van der Waals surface area contributed by atoms with Gasteiger partial charge in [0, 0.05) is 49.1 Å². The Kier molecular flexibility index (Phi) is 7.94. The fourth-order valence-corrected chi connectivity index (χ4v) is 6.25. The van der Waals surface area contributed by atoms with Gasteiger partial charge in [-0.25, -0.2) is 0 Å². The topological polar surface area (TPSA) is 76.4 Å². The van der Waals surface area contributed by atoms with Crippen molar-refractivity contribution in [3.8, 4) is 22.6 Å². The van der Waals surface area contributed by atoms with Gasteiger partial charge in [0.1, 0.15) is 5.69 Å². The summed E-state index contributed by atoms with van der Waals surface area (Å²) in [6.07, 6.45) is -0.156. The molecule has 42 heavy (non-hydrogen) atoms. The second kappa shape index (κ2) is 11.8. The standard InChI is InChI=1S/C34H39N3O5/c1-22-16-37(23(2)19-38)34(39)33-32(27-11-7-8-12-28(27)36(33)4)26-10-6-5-9-25(26)20-40-31(22)18-35(3)17-24-13-14-29-30(15-24)42-21-41-29/h5-15,22-23,31,38H,16-21H2,1-4H3/t22-,23+,31-/m1/s1. The summed E-state index contributed by atoms with van der Waals surface area (Å²) in [6.45, 7) is 6.44. The average molecular weight is 570 g/mol. The zero-order valence-corrected chi connectivity index (χ0v) is 24.7. The molecule has 3 heterocycles. The molecule has 1 N–H and O–H groups in total. The Bertz CT molecular complexity index is 1600. The number of likely N-dealkylation sites (N-methyl/N-ethyl adjacent to an activating group) is 1. The summed E-state index contributed by atoms with van der Waals surface area (Å²) >= 11 is 0. The number of para-hydroxylation sites is 1. The Labute approximate surface area is 247 Å². The third kappa shape index (κ3) is 5.26. The lowest BCUT2D eigenvalue weighted by Gasteiger charge is -2.35. The fraction of sp³-hybridized carbons (Fsp3) is 0.382. The van der Waals surface area contributed by atoms with Crippen molar-refractivity contribution in [1.82, 2.24) is 14.4 Å². The largest absolute Gasteiger partial charge is 0.454 e. The van der Waals surface area contributed by atoms with Crippen molar-refractivity contribution in [2.75, 3.05) is 33.5 Å². The molecule has 1 aromatic heterocycles. The summed E-state index contributed by atoms with van der Waals surface area (Å²) in [5.74, 6) is 1.47. The smallest absolute Gasteiger partial charge is 0.271 e. The van der Waals surface area contributed by atoms with E-state index in [-0.39, 0.29) is 37.4 Å². The highest BCUT2D eigenvalue weighted by molar-refractivity contribution is 6.10.